The largest absolute Gasteiger partial charge is 0.0654 e. The van der Waals surface area contributed by atoms with E-state index >= 15 is 0 Å². The van der Waals surface area contributed by atoms with Gasteiger partial charge in [-0.15, -0.1) is 0 Å². The Balaban J connectivity index is 3.09. The first-order valence-electron chi connectivity index (χ1n) is 10.6. The van der Waals surface area contributed by atoms with Gasteiger partial charge < -0.3 is 0 Å². The van der Waals surface area contributed by atoms with Gasteiger partial charge in [-0.05, 0) is 5.92 Å². The highest BCUT2D eigenvalue weighted by Crippen LogP contribution is 2.18. The SMILES string of the molecule is [CH2]CCCCCCC(C)CCCCCCCCCCCCC. The topological polar surface area (TPSA) is 0 Å². The minimum absolute atomic E-state index is 0.957. The summed E-state index contributed by atoms with van der Waals surface area (Å²) in [5.74, 6) is 0.957. The van der Waals surface area contributed by atoms with Gasteiger partial charge in [-0.1, -0.05) is 136 Å². The monoisotopic (exact) mass is 309 g/mol. The zero-order valence-corrected chi connectivity index (χ0v) is 16.0. The molecule has 0 aromatic rings. The molecule has 1 unspecified atom stereocenters. The molecule has 0 amide bonds. The molecule has 22 heavy (non-hydrogen) atoms. The van der Waals surface area contributed by atoms with Crippen molar-refractivity contribution in [3.63, 3.8) is 0 Å². The normalized spacial score (nSPS) is 12.7. The van der Waals surface area contributed by atoms with Crippen LogP contribution in [-0.4, -0.2) is 0 Å². The summed E-state index contributed by atoms with van der Waals surface area (Å²) < 4.78 is 0. The van der Waals surface area contributed by atoms with Crippen molar-refractivity contribution in [2.75, 3.05) is 0 Å². The van der Waals surface area contributed by atoms with Gasteiger partial charge in [-0.25, -0.2) is 0 Å². The molecule has 0 bridgehead atoms. The lowest BCUT2D eigenvalue weighted by Gasteiger charge is -2.11. The number of hydrogen-bond donors (Lipinski definition) is 0. The van der Waals surface area contributed by atoms with E-state index in [9.17, 15) is 0 Å². The van der Waals surface area contributed by atoms with E-state index < -0.39 is 0 Å². The lowest BCUT2D eigenvalue weighted by molar-refractivity contribution is 0.432. The van der Waals surface area contributed by atoms with Crippen LogP contribution in [0.2, 0.25) is 0 Å². The number of hydrogen-bond acceptors (Lipinski definition) is 0. The van der Waals surface area contributed by atoms with Gasteiger partial charge in [0.1, 0.15) is 0 Å². The summed E-state index contributed by atoms with van der Waals surface area (Å²) in [5, 5.41) is 0. The fourth-order valence-corrected chi connectivity index (χ4v) is 3.32. The molecule has 0 aromatic heterocycles. The highest BCUT2D eigenvalue weighted by atomic mass is 14.1. The van der Waals surface area contributed by atoms with Crippen LogP contribution >= 0.6 is 0 Å². The summed E-state index contributed by atoms with van der Waals surface area (Å²) in [6.07, 6.45) is 25.7. The Kier molecular flexibility index (Phi) is 19.0. The third kappa shape index (κ3) is 18.1. The Labute approximate surface area is 142 Å². The van der Waals surface area contributed by atoms with Crippen molar-refractivity contribution >= 4 is 0 Å². The maximum absolute atomic E-state index is 3.91. The fourth-order valence-electron chi connectivity index (χ4n) is 3.32. The smallest absolute Gasteiger partial charge is 0.0443 e. The summed E-state index contributed by atoms with van der Waals surface area (Å²) in [6.45, 7) is 8.66. The first kappa shape index (κ1) is 22.0. The molecule has 0 heteroatoms. The second-order valence-corrected chi connectivity index (χ2v) is 7.49. The maximum atomic E-state index is 3.91. The molecule has 0 rings (SSSR count). The van der Waals surface area contributed by atoms with Crippen molar-refractivity contribution < 1.29 is 0 Å². The van der Waals surface area contributed by atoms with Gasteiger partial charge in [0.15, 0.2) is 0 Å². The number of unbranched alkanes of at least 4 members (excludes halogenated alkanes) is 14. The molecule has 0 nitrogen and oxygen atoms in total. The second-order valence-electron chi connectivity index (χ2n) is 7.49. The lowest BCUT2D eigenvalue weighted by atomic mass is 9.96. The first-order chi connectivity index (χ1) is 10.8. The second kappa shape index (κ2) is 19.0. The van der Waals surface area contributed by atoms with Gasteiger partial charge in [0.05, 0.1) is 0 Å². The quantitative estimate of drug-likeness (QED) is 0.223. The molecule has 0 aliphatic rings. The van der Waals surface area contributed by atoms with Crippen LogP contribution in [0.4, 0.5) is 0 Å². The predicted molar refractivity (Wildman–Crippen MR) is 103 cm³/mol. The van der Waals surface area contributed by atoms with Crippen LogP contribution < -0.4 is 0 Å². The Bertz CT molecular complexity index is 184. The summed E-state index contributed by atoms with van der Waals surface area (Å²) in [5.41, 5.74) is 0. The van der Waals surface area contributed by atoms with Crippen LogP contribution in [0, 0.1) is 12.8 Å². The third-order valence-electron chi connectivity index (χ3n) is 5.00. The van der Waals surface area contributed by atoms with Crippen molar-refractivity contribution in [1.82, 2.24) is 0 Å². The van der Waals surface area contributed by atoms with E-state index in [0.29, 0.717) is 0 Å². The molecule has 0 aliphatic carbocycles. The molecular weight excluding hydrogens is 264 g/mol. The maximum Gasteiger partial charge on any atom is -0.0443 e. The van der Waals surface area contributed by atoms with E-state index in [4.69, 9.17) is 0 Å². The van der Waals surface area contributed by atoms with Gasteiger partial charge in [0, 0.05) is 0 Å². The van der Waals surface area contributed by atoms with E-state index in [0.717, 1.165) is 12.3 Å². The Morgan fingerprint density at radius 1 is 0.545 bits per heavy atom. The van der Waals surface area contributed by atoms with Gasteiger partial charge in [0.25, 0.3) is 0 Å². The molecule has 1 atom stereocenters. The van der Waals surface area contributed by atoms with Crippen LogP contribution in [-0.2, 0) is 0 Å². The number of rotatable bonds is 18. The van der Waals surface area contributed by atoms with E-state index in [1.165, 1.54) is 109 Å². The molecule has 133 valence electrons. The average Bonchev–Trinajstić information content (AvgIpc) is 2.52. The molecule has 0 saturated carbocycles. The molecular formula is C22H45. The molecule has 0 saturated heterocycles. The van der Waals surface area contributed by atoms with Crippen LogP contribution in [0.3, 0.4) is 0 Å². The minimum Gasteiger partial charge on any atom is -0.0654 e. The van der Waals surface area contributed by atoms with Gasteiger partial charge in [-0.3, -0.25) is 0 Å². The zero-order valence-electron chi connectivity index (χ0n) is 16.0. The Morgan fingerprint density at radius 3 is 1.32 bits per heavy atom. The van der Waals surface area contributed by atoms with Crippen molar-refractivity contribution in [3.8, 4) is 0 Å². The molecule has 1 radical (unpaired) electrons. The van der Waals surface area contributed by atoms with E-state index in [-0.39, 0.29) is 0 Å². The molecule has 0 N–H and O–H groups in total. The summed E-state index contributed by atoms with van der Waals surface area (Å²) >= 11 is 0. The molecule has 0 heterocycles. The highest BCUT2D eigenvalue weighted by molar-refractivity contribution is 4.56. The molecule has 0 aromatic carbocycles. The van der Waals surface area contributed by atoms with Crippen molar-refractivity contribution in [1.29, 1.82) is 0 Å². The van der Waals surface area contributed by atoms with Gasteiger partial charge in [-0.2, -0.15) is 0 Å². The highest BCUT2D eigenvalue weighted by Gasteiger charge is 2.02. The Morgan fingerprint density at radius 2 is 0.909 bits per heavy atom. The van der Waals surface area contributed by atoms with Crippen LogP contribution in [0.15, 0.2) is 0 Å². The zero-order chi connectivity index (χ0) is 16.3. The first-order valence-corrected chi connectivity index (χ1v) is 10.6. The van der Waals surface area contributed by atoms with Crippen molar-refractivity contribution in [2.24, 2.45) is 5.92 Å². The lowest BCUT2D eigenvalue weighted by Crippen LogP contribution is -1.95. The minimum atomic E-state index is 0.957. The molecule has 0 fully saturated rings. The van der Waals surface area contributed by atoms with E-state index in [1.54, 1.807) is 0 Å². The molecule has 0 spiro atoms. The van der Waals surface area contributed by atoms with Gasteiger partial charge >= 0.3 is 0 Å². The van der Waals surface area contributed by atoms with E-state index in [1.807, 2.05) is 0 Å². The van der Waals surface area contributed by atoms with Crippen LogP contribution in [0.5, 0.6) is 0 Å². The predicted octanol–water partition coefficient (Wildman–Crippen LogP) is 8.50. The van der Waals surface area contributed by atoms with Crippen molar-refractivity contribution in [2.45, 2.75) is 129 Å². The third-order valence-corrected chi connectivity index (χ3v) is 5.00. The van der Waals surface area contributed by atoms with Crippen LogP contribution in [0.1, 0.15) is 129 Å². The summed E-state index contributed by atoms with van der Waals surface area (Å²) in [7, 11) is 0. The Hall–Kier alpha value is 0. The standard InChI is InChI=1S/C22H45/c1-4-6-8-10-11-12-13-14-15-17-19-21-22(3)20-18-16-9-7-5-2/h22H,2,4-21H2,1,3H3. The van der Waals surface area contributed by atoms with Gasteiger partial charge in [0.2, 0.25) is 0 Å². The summed E-state index contributed by atoms with van der Waals surface area (Å²) in [4.78, 5) is 0. The van der Waals surface area contributed by atoms with E-state index in [2.05, 4.69) is 20.8 Å². The van der Waals surface area contributed by atoms with Crippen molar-refractivity contribution in [3.05, 3.63) is 6.92 Å². The average molecular weight is 310 g/mol. The molecule has 0 aliphatic heterocycles. The fraction of sp³-hybridized carbons (Fsp3) is 0.955. The summed E-state index contributed by atoms with van der Waals surface area (Å²) in [6, 6.07) is 0. The van der Waals surface area contributed by atoms with Crippen LogP contribution in [0.25, 0.3) is 0 Å².